The van der Waals surface area contributed by atoms with Crippen molar-refractivity contribution in [1.82, 2.24) is 0 Å². The van der Waals surface area contributed by atoms with Crippen molar-refractivity contribution in [3.63, 3.8) is 0 Å². The van der Waals surface area contributed by atoms with Gasteiger partial charge in [0.15, 0.2) is 0 Å². The normalized spacial score (nSPS) is 12.8. The molecule has 0 aliphatic carbocycles. The van der Waals surface area contributed by atoms with Gasteiger partial charge < -0.3 is 5.11 Å². The van der Waals surface area contributed by atoms with Crippen LogP contribution in [-0.2, 0) is 4.79 Å². The molecule has 0 heterocycles. The minimum Gasteiger partial charge on any atom is -0.481 e. The van der Waals surface area contributed by atoms with Crippen LogP contribution in [0.15, 0.2) is 0 Å². The molecule has 114 valence electrons. The van der Waals surface area contributed by atoms with Gasteiger partial charge in [0.25, 0.3) is 0 Å². The maximum atomic E-state index is 10.4. The van der Waals surface area contributed by atoms with Gasteiger partial charge >= 0.3 is 5.97 Å². The second-order valence-electron chi connectivity index (χ2n) is 6.48. The van der Waals surface area contributed by atoms with Gasteiger partial charge in [-0.2, -0.15) is 0 Å². The van der Waals surface area contributed by atoms with Crippen LogP contribution in [0, 0.1) is 11.8 Å². The average molecular weight is 270 g/mol. The Morgan fingerprint density at radius 1 is 0.789 bits per heavy atom. The minimum absolute atomic E-state index is 0.330. The second-order valence-corrected chi connectivity index (χ2v) is 6.48. The molecule has 0 rings (SSSR count). The maximum Gasteiger partial charge on any atom is 0.303 e. The summed E-state index contributed by atoms with van der Waals surface area (Å²) < 4.78 is 0. The van der Waals surface area contributed by atoms with E-state index in [4.69, 9.17) is 5.11 Å². The summed E-state index contributed by atoms with van der Waals surface area (Å²) in [4.78, 5) is 10.4. The Bertz CT molecular complexity index is 211. The monoisotopic (exact) mass is 270 g/mol. The highest BCUT2D eigenvalue weighted by atomic mass is 16.4. The predicted octanol–water partition coefficient (Wildman–Crippen LogP) is 5.65. The molecule has 0 spiro atoms. The minimum atomic E-state index is -0.659. The van der Waals surface area contributed by atoms with Gasteiger partial charge in [0.05, 0.1) is 0 Å². The molecular weight excluding hydrogens is 236 g/mol. The molecule has 1 unspecified atom stereocenters. The van der Waals surface area contributed by atoms with E-state index < -0.39 is 5.97 Å². The highest BCUT2D eigenvalue weighted by Gasteiger charge is 2.05. The van der Waals surface area contributed by atoms with Crippen LogP contribution in [0.4, 0.5) is 0 Å². The first-order chi connectivity index (χ1) is 9.02. The molecule has 0 bridgehead atoms. The molecule has 0 aliphatic heterocycles. The highest BCUT2D eigenvalue weighted by Crippen LogP contribution is 2.17. The number of unbranched alkanes of at least 4 members (excludes halogenated alkanes) is 6. The summed E-state index contributed by atoms with van der Waals surface area (Å²) in [7, 11) is 0. The average Bonchev–Trinajstić information content (AvgIpc) is 2.34. The van der Waals surface area contributed by atoms with Crippen LogP contribution in [-0.4, -0.2) is 11.1 Å². The van der Waals surface area contributed by atoms with Gasteiger partial charge in [-0.05, 0) is 18.3 Å². The standard InChI is InChI=1S/C17H34O2/c1-15(2)11-9-7-5-4-6-8-10-12-16(3)13-14-17(18)19/h15-16H,4-14H2,1-3H3,(H,18,19). The SMILES string of the molecule is CC(C)CCCCCCCCCC(C)CCC(=O)O. The molecule has 0 aromatic carbocycles. The Balaban J connectivity index is 3.15. The van der Waals surface area contributed by atoms with E-state index in [2.05, 4.69) is 20.8 Å². The van der Waals surface area contributed by atoms with E-state index in [-0.39, 0.29) is 0 Å². The first-order valence-electron chi connectivity index (χ1n) is 8.24. The van der Waals surface area contributed by atoms with E-state index in [0.717, 1.165) is 12.3 Å². The van der Waals surface area contributed by atoms with Crippen molar-refractivity contribution >= 4 is 5.97 Å². The third-order valence-electron chi connectivity index (χ3n) is 3.83. The number of carboxylic acids is 1. The Hall–Kier alpha value is -0.530. The summed E-state index contributed by atoms with van der Waals surface area (Å²) in [5, 5.41) is 8.61. The van der Waals surface area contributed by atoms with Gasteiger partial charge in [0.1, 0.15) is 0 Å². The van der Waals surface area contributed by atoms with Crippen molar-refractivity contribution in [1.29, 1.82) is 0 Å². The zero-order chi connectivity index (χ0) is 14.5. The largest absolute Gasteiger partial charge is 0.481 e. The number of hydrogen-bond acceptors (Lipinski definition) is 1. The summed E-state index contributed by atoms with van der Waals surface area (Å²) >= 11 is 0. The smallest absolute Gasteiger partial charge is 0.303 e. The molecule has 19 heavy (non-hydrogen) atoms. The van der Waals surface area contributed by atoms with E-state index in [1.54, 1.807) is 0 Å². The molecular formula is C17H34O2. The van der Waals surface area contributed by atoms with E-state index in [9.17, 15) is 4.79 Å². The fourth-order valence-corrected chi connectivity index (χ4v) is 2.44. The molecule has 0 aliphatic rings. The molecule has 0 saturated heterocycles. The van der Waals surface area contributed by atoms with Gasteiger partial charge in [-0.15, -0.1) is 0 Å². The zero-order valence-corrected chi connectivity index (χ0v) is 13.3. The van der Waals surface area contributed by atoms with Crippen LogP contribution >= 0.6 is 0 Å². The van der Waals surface area contributed by atoms with Crippen LogP contribution in [0.5, 0.6) is 0 Å². The zero-order valence-electron chi connectivity index (χ0n) is 13.3. The lowest BCUT2D eigenvalue weighted by molar-refractivity contribution is -0.137. The Labute approximate surface area is 120 Å². The van der Waals surface area contributed by atoms with Gasteiger partial charge in [-0.25, -0.2) is 0 Å². The molecule has 0 radical (unpaired) electrons. The Kier molecular flexibility index (Phi) is 12.2. The van der Waals surface area contributed by atoms with E-state index in [1.807, 2.05) is 0 Å². The number of hydrogen-bond donors (Lipinski definition) is 1. The summed E-state index contributed by atoms with van der Waals surface area (Å²) in [6.45, 7) is 6.77. The van der Waals surface area contributed by atoms with Crippen molar-refractivity contribution < 1.29 is 9.90 Å². The fraction of sp³-hybridized carbons (Fsp3) is 0.941. The number of carbonyl (C=O) groups is 1. The van der Waals surface area contributed by atoms with Crippen molar-refractivity contribution in [2.45, 2.75) is 91.4 Å². The number of rotatable bonds is 13. The molecule has 0 amide bonds. The fourth-order valence-electron chi connectivity index (χ4n) is 2.44. The van der Waals surface area contributed by atoms with Crippen LogP contribution in [0.1, 0.15) is 91.4 Å². The van der Waals surface area contributed by atoms with Crippen molar-refractivity contribution in [2.24, 2.45) is 11.8 Å². The third kappa shape index (κ3) is 15.4. The van der Waals surface area contributed by atoms with Crippen LogP contribution < -0.4 is 0 Å². The van der Waals surface area contributed by atoms with Crippen LogP contribution in [0.2, 0.25) is 0 Å². The summed E-state index contributed by atoms with van der Waals surface area (Å²) in [6.07, 6.45) is 13.2. The van der Waals surface area contributed by atoms with Gasteiger partial charge in [0.2, 0.25) is 0 Å². The first-order valence-corrected chi connectivity index (χ1v) is 8.24. The second kappa shape index (κ2) is 12.5. The van der Waals surface area contributed by atoms with E-state index >= 15 is 0 Å². The van der Waals surface area contributed by atoms with Crippen LogP contribution in [0.25, 0.3) is 0 Å². The highest BCUT2D eigenvalue weighted by molar-refractivity contribution is 5.66. The van der Waals surface area contributed by atoms with Crippen molar-refractivity contribution in [3.8, 4) is 0 Å². The number of carboxylic acid groups (broad SMARTS) is 1. The first kappa shape index (κ1) is 18.5. The molecule has 1 N–H and O–H groups in total. The molecule has 0 fully saturated rings. The molecule has 1 atom stereocenters. The molecule has 0 aromatic heterocycles. The quantitative estimate of drug-likeness (QED) is 0.439. The predicted molar refractivity (Wildman–Crippen MR) is 82.4 cm³/mol. The van der Waals surface area contributed by atoms with Crippen LogP contribution in [0.3, 0.4) is 0 Å². The van der Waals surface area contributed by atoms with Gasteiger partial charge in [-0.3, -0.25) is 4.79 Å². The molecule has 2 heteroatoms. The van der Waals surface area contributed by atoms with E-state index in [1.165, 1.54) is 57.8 Å². The third-order valence-corrected chi connectivity index (χ3v) is 3.83. The lowest BCUT2D eigenvalue weighted by Gasteiger charge is -2.09. The Morgan fingerprint density at radius 2 is 1.26 bits per heavy atom. The summed E-state index contributed by atoms with van der Waals surface area (Å²) in [5.41, 5.74) is 0. The van der Waals surface area contributed by atoms with E-state index in [0.29, 0.717) is 12.3 Å². The van der Waals surface area contributed by atoms with Crippen molar-refractivity contribution in [3.05, 3.63) is 0 Å². The summed E-state index contributed by atoms with van der Waals surface area (Å²) in [5.74, 6) is 0.766. The van der Waals surface area contributed by atoms with Gasteiger partial charge in [-0.1, -0.05) is 78.6 Å². The lowest BCUT2D eigenvalue weighted by Crippen LogP contribution is -2.01. The molecule has 0 aromatic rings. The molecule has 0 saturated carbocycles. The lowest BCUT2D eigenvalue weighted by atomic mass is 9.97. The molecule has 2 nitrogen and oxygen atoms in total. The topological polar surface area (TPSA) is 37.3 Å². The van der Waals surface area contributed by atoms with Gasteiger partial charge in [0, 0.05) is 6.42 Å². The van der Waals surface area contributed by atoms with Crippen molar-refractivity contribution in [2.75, 3.05) is 0 Å². The maximum absolute atomic E-state index is 10.4. The Morgan fingerprint density at radius 3 is 1.74 bits per heavy atom. The number of aliphatic carboxylic acids is 1. The summed E-state index contributed by atoms with van der Waals surface area (Å²) in [6, 6.07) is 0.